The van der Waals surface area contributed by atoms with E-state index >= 15 is 0 Å². The number of hydrogen-bond donors (Lipinski definition) is 2. The molecule has 3 amide bonds. The van der Waals surface area contributed by atoms with Gasteiger partial charge in [0.25, 0.3) is 5.91 Å². The quantitative estimate of drug-likeness (QED) is 0.745. The minimum absolute atomic E-state index is 0.107. The molecule has 0 radical (unpaired) electrons. The highest BCUT2D eigenvalue weighted by Gasteiger charge is 2.45. The first-order valence-corrected chi connectivity index (χ1v) is 9.74. The average molecular weight is 368 g/mol. The Morgan fingerprint density at radius 3 is 2.78 bits per heavy atom. The molecular weight excluding hydrogens is 344 g/mol. The summed E-state index contributed by atoms with van der Waals surface area (Å²) >= 11 is 0. The molecule has 27 heavy (non-hydrogen) atoms. The number of likely N-dealkylation sites (tertiary alicyclic amines) is 1. The number of hydrogen-bond acceptors (Lipinski definition) is 5. The molecule has 1 aliphatic carbocycles. The molecule has 1 saturated carbocycles. The minimum atomic E-state index is -0.554. The van der Waals surface area contributed by atoms with E-state index in [0.717, 1.165) is 43.1 Å². The van der Waals surface area contributed by atoms with E-state index in [-0.39, 0.29) is 24.1 Å². The molecule has 2 saturated heterocycles. The number of benzene rings is 1. The van der Waals surface area contributed by atoms with Gasteiger partial charge < -0.3 is 10.6 Å². The van der Waals surface area contributed by atoms with Crippen molar-refractivity contribution in [2.24, 2.45) is 17.6 Å². The maximum absolute atomic E-state index is 12.9. The van der Waals surface area contributed by atoms with Crippen molar-refractivity contribution < 1.29 is 14.4 Å². The molecule has 4 unspecified atom stereocenters. The van der Waals surface area contributed by atoms with Gasteiger partial charge >= 0.3 is 0 Å². The molecule has 0 spiro atoms. The fourth-order valence-corrected chi connectivity index (χ4v) is 5.14. The molecule has 4 atom stereocenters. The summed E-state index contributed by atoms with van der Waals surface area (Å²) in [6, 6.07) is 5.86. The Morgan fingerprint density at radius 1 is 1.19 bits per heavy atom. The maximum Gasteiger partial charge on any atom is 0.255 e. The first kappa shape index (κ1) is 16.9. The van der Waals surface area contributed by atoms with Crippen LogP contribution in [0.3, 0.4) is 0 Å². The first-order valence-electron chi connectivity index (χ1n) is 9.74. The van der Waals surface area contributed by atoms with Gasteiger partial charge in [-0.2, -0.15) is 0 Å². The maximum atomic E-state index is 12.9. The highest BCUT2D eigenvalue weighted by molar-refractivity contribution is 6.05. The fourth-order valence-electron chi connectivity index (χ4n) is 5.14. The lowest BCUT2D eigenvalue weighted by molar-refractivity contribution is -0.136. The van der Waals surface area contributed by atoms with Crippen LogP contribution in [0.4, 0.5) is 0 Å². The summed E-state index contributed by atoms with van der Waals surface area (Å²) in [5, 5.41) is 2.34. The predicted molar refractivity (Wildman–Crippen MR) is 97.3 cm³/mol. The zero-order valence-electron chi connectivity index (χ0n) is 15.2. The van der Waals surface area contributed by atoms with Gasteiger partial charge in [0.2, 0.25) is 11.8 Å². The van der Waals surface area contributed by atoms with Gasteiger partial charge in [-0.05, 0) is 41.9 Å². The van der Waals surface area contributed by atoms with Crippen molar-refractivity contribution in [1.82, 2.24) is 15.1 Å². The zero-order valence-corrected chi connectivity index (χ0v) is 15.2. The van der Waals surface area contributed by atoms with Crippen LogP contribution < -0.4 is 11.1 Å². The van der Waals surface area contributed by atoms with Gasteiger partial charge in [-0.3, -0.25) is 24.6 Å². The molecule has 0 bridgehead atoms. The Balaban J connectivity index is 1.30. The van der Waals surface area contributed by atoms with Crippen LogP contribution in [-0.4, -0.2) is 52.7 Å². The largest absolute Gasteiger partial charge is 0.327 e. The molecule has 7 heteroatoms. The van der Waals surface area contributed by atoms with Crippen molar-refractivity contribution in [1.29, 1.82) is 0 Å². The Bertz CT molecular complexity index is 839. The minimum Gasteiger partial charge on any atom is -0.327 e. The van der Waals surface area contributed by atoms with Gasteiger partial charge in [0, 0.05) is 44.2 Å². The smallest absolute Gasteiger partial charge is 0.255 e. The van der Waals surface area contributed by atoms with Gasteiger partial charge in [0.1, 0.15) is 6.04 Å². The molecule has 1 aromatic carbocycles. The number of fused-ring (bicyclic) bond motifs is 2. The van der Waals surface area contributed by atoms with E-state index < -0.39 is 6.04 Å². The molecule has 3 N–H and O–H groups in total. The zero-order chi connectivity index (χ0) is 18.7. The third-order valence-electron chi connectivity index (χ3n) is 6.69. The van der Waals surface area contributed by atoms with E-state index in [9.17, 15) is 14.4 Å². The Hall–Kier alpha value is -2.25. The summed E-state index contributed by atoms with van der Waals surface area (Å²) in [6.07, 6.45) is 1.81. The lowest BCUT2D eigenvalue weighted by atomic mass is 9.72. The van der Waals surface area contributed by atoms with E-state index in [2.05, 4.69) is 16.3 Å². The standard InChI is InChI=1S/C20H24N4O3/c21-16-6-13-8-23(10-15(13)16)7-11-1-2-12-9-24(20(27)14(12)5-11)17-3-4-18(25)22-19(17)26/h1-2,5,13,15-17H,3-4,6-10,21H2,(H,22,25,26). The number of nitrogens with one attached hydrogen (secondary N) is 1. The van der Waals surface area contributed by atoms with Crippen LogP contribution in [0.2, 0.25) is 0 Å². The summed E-state index contributed by atoms with van der Waals surface area (Å²) in [5.74, 6) is 0.631. The average Bonchev–Trinajstić information content (AvgIpc) is 3.13. The monoisotopic (exact) mass is 368 g/mol. The van der Waals surface area contributed by atoms with Gasteiger partial charge in [-0.25, -0.2) is 0 Å². The molecule has 1 aromatic rings. The van der Waals surface area contributed by atoms with Crippen LogP contribution in [0, 0.1) is 11.8 Å². The van der Waals surface area contributed by atoms with Crippen LogP contribution in [0.15, 0.2) is 18.2 Å². The Labute approximate surface area is 157 Å². The van der Waals surface area contributed by atoms with Gasteiger partial charge in [0.15, 0.2) is 0 Å². The highest BCUT2D eigenvalue weighted by atomic mass is 16.2. The number of carbonyl (C=O) groups excluding carboxylic acids is 3. The van der Waals surface area contributed by atoms with E-state index in [1.54, 1.807) is 4.90 Å². The molecular formula is C20H24N4O3. The second-order valence-corrected chi connectivity index (χ2v) is 8.41. The number of nitrogens with two attached hydrogens (primary N) is 1. The third kappa shape index (κ3) is 2.76. The topological polar surface area (TPSA) is 95.7 Å². The number of carbonyl (C=O) groups is 3. The fraction of sp³-hybridized carbons (Fsp3) is 0.550. The van der Waals surface area contributed by atoms with E-state index in [4.69, 9.17) is 5.73 Å². The van der Waals surface area contributed by atoms with Gasteiger partial charge in [-0.1, -0.05) is 12.1 Å². The first-order chi connectivity index (χ1) is 13.0. The van der Waals surface area contributed by atoms with Crippen LogP contribution >= 0.6 is 0 Å². The summed E-state index contributed by atoms with van der Waals surface area (Å²) < 4.78 is 0. The Morgan fingerprint density at radius 2 is 2.04 bits per heavy atom. The molecule has 3 heterocycles. The lowest BCUT2D eigenvalue weighted by Crippen LogP contribution is -2.52. The van der Waals surface area contributed by atoms with E-state index in [1.807, 2.05) is 12.1 Å². The molecule has 0 aromatic heterocycles. The highest BCUT2D eigenvalue weighted by Crippen LogP contribution is 2.40. The normalized spacial score (nSPS) is 32.9. The van der Waals surface area contributed by atoms with Crippen molar-refractivity contribution in [2.45, 2.75) is 44.4 Å². The second kappa shape index (κ2) is 6.14. The third-order valence-corrected chi connectivity index (χ3v) is 6.69. The number of amides is 3. The number of imide groups is 1. The van der Waals surface area contributed by atoms with Crippen LogP contribution in [0.5, 0.6) is 0 Å². The molecule has 142 valence electrons. The second-order valence-electron chi connectivity index (χ2n) is 8.41. The number of rotatable bonds is 3. The summed E-state index contributed by atoms with van der Waals surface area (Å²) in [6.45, 7) is 3.40. The van der Waals surface area contributed by atoms with Crippen LogP contribution in [-0.2, 0) is 22.7 Å². The SMILES string of the molecule is NC1CC2CN(Cc3ccc4c(c3)C(=O)N(C3CCC(=O)NC3=O)C4)CC12. The molecule has 5 rings (SSSR count). The number of piperidine rings is 1. The van der Waals surface area contributed by atoms with Crippen molar-refractivity contribution in [3.63, 3.8) is 0 Å². The molecule has 7 nitrogen and oxygen atoms in total. The summed E-state index contributed by atoms with van der Waals surface area (Å²) in [4.78, 5) is 40.4. The van der Waals surface area contributed by atoms with Crippen molar-refractivity contribution in [3.05, 3.63) is 34.9 Å². The predicted octanol–water partition coefficient (Wildman–Crippen LogP) is 0.227. The van der Waals surface area contributed by atoms with Crippen molar-refractivity contribution in [3.8, 4) is 0 Å². The Kier molecular flexibility index (Phi) is 3.84. The van der Waals surface area contributed by atoms with E-state index in [0.29, 0.717) is 30.5 Å². The van der Waals surface area contributed by atoms with Crippen molar-refractivity contribution >= 4 is 17.7 Å². The van der Waals surface area contributed by atoms with Crippen molar-refractivity contribution in [2.75, 3.05) is 13.1 Å². The molecule has 3 fully saturated rings. The van der Waals surface area contributed by atoms with Gasteiger partial charge in [-0.15, -0.1) is 0 Å². The van der Waals surface area contributed by atoms with Gasteiger partial charge in [0.05, 0.1) is 0 Å². The lowest BCUT2D eigenvalue weighted by Gasteiger charge is -2.36. The molecule has 4 aliphatic rings. The van der Waals surface area contributed by atoms with E-state index in [1.165, 1.54) is 0 Å². The van der Waals surface area contributed by atoms with Crippen LogP contribution in [0.1, 0.15) is 40.7 Å². The number of nitrogens with zero attached hydrogens (tertiary/aromatic N) is 2. The summed E-state index contributed by atoms with van der Waals surface area (Å²) in [5.41, 5.74) is 8.86. The van der Waals surface area contributed by atoms with Crippen LogP contribution in [0.25, 0.3) is 0 Å². The summed E-state index contributed by atoms with van der Waals surface area (Å²) in [7, 11) is 0. The molecule has 3 aliphatic heterocycles.